The number of halogens is 1. The molecule has 1 heterocycles. The molecule has 0 bridgehead atoms. The molecule has 0 aliphatic rings. The van der Waals surface area contributed by atoms with Crippen molar-refractivity contribution in [3.8, 4) is 11.8 Å². The minimum Gasteiger partial charge on any atom is -0.481 e. The minimum atomic E-state index is 0.161. The number of methoxy groups -OCH3 is 2. The van der Waals surface area contributed by atoms with Crippen molar-refractivity contribution in [1.82, 2.24) is 9.97 Å². The zero-order valence-electron chi connectivity index (χ0n) is 11.4. The van der Waals surface area contributed by atoms with Crippen LogP contribution in [0.4, 0.5) is 0 Å². The molecule has 1 unspecified atom stereocenters. The number of hydrogen-bond donors (Lipinski definition) is 0. The van der Waals surface area contributed by atoms with Crippen LogP contribution in [0.2, 0.25) is 0 Å². The van der Waals surface area contributed by atoms with Crippen molar-refractivity contribution < 1.29 is 9.47 Å². The van der Waals surface area contributed by atoms with Gasteiger partial charge in [-0.15, -0.1) is 0 Å². The van der Waals surface area contributed by atoms with Crippen molar-refractivity contribution >= 4 is 27.7 Å². The minimum absolute atomic E-state index is 0.161. The van der Waals surface area contributed by atoms with E-state index in [1.807, 2.05) is 0 Å². The van der Waals surface area contributed by atoms with Gasteiger partial charge in [0.15, 0.2) is 5.16 Å². The highest BCUT2D eigenvalue weighted by Gasteiger charge is 2.26. The molecule has 0 amide bonds. The molecule has 0 saturated carbocycles. The van der Waals surface area contributed by atoms with E-state index in [9.17, 15) is 0 Å². The summed E-state index contributed by atoms with van der Waals surface area (Å²) in [6.45, 7) is 6.59. The van der Waals surface area contributed by atoms with Gasteiger partial charge in [0.05, 0.1) is 20.3 Å². The molecule has 0 fully saturated rings. The van der Waals surface area contributed by atoms with Crippen LogP contribution in [0.3, 0.4) is 0 Å². The third-order valence-electron chi connectivity index (χ3n) is 2.43. The second-order valence-electron chi connectivity index (χ2n) is 4.86. The van der Waals surface area contributed by atoms with Gasteiger partial charge in [0, 0.05) is 10.6 Å². The first kappa shape index (κ1) is 15.6. The van der Waals surface area contributed by atoms with E-state index < -0.39 is 0 Å². The normalized spacial score (nSPS) is 13.2. The lowest BCUT2D eigenvalue weighted by Crippen LogP contribution is -2.24. The molecule has 0 aliphatic heterocycles. The number of nitrogens with zero attached hydrogens (tertiary/aromatic N) is 2. The van der Waals surface area contributed by atoms with E-state index in [1.54, 1.807) is 32.0 Å². The van der Waals surface area contributed by atoms with Gasteiger partial charge in [-0.3, -0.25) is 0 Å². The van der Waals surface area contributed by atoms with Crippen molar-refractivity contribution in [3.63, 3.8) is 0 Å². The molecule has 18 heavy (non-hydrogen) atoms. The summed E-state index contributed by atoms with van der Waals surface area (Å²) in [4.78, 5) is 8.66. The Kier molecular flexibility index (Phi) is 5.72. The van der Waals surface area contributed by atoms with Gasteiger partial charge in [-0.2, -0.15) is 9.97 Å². The van der Waals surface area contributed by atoms with Gasteiger partial charge in [0.2, 0.25) is 11.8 Å². The van der Waals surface area contributed by atoms with Crippen LogP contribution in [0, 0.1) is 5.41 Å². The summed E-state index contributed by atoms with van der Waals surface area (Å²) in [6, 6.07) is 1.67. The number of aromatic nitrogens is 2. The number of alkyl halides is 1. The summed E-state index contributed by atoms with van der Waals surface area (Å²) in [7, 11) is 3.17. The highest BCUT2D eigenvalue weighted by atomic mass is 79.9. The zero-order valence-corrected chi connectivity index (χ0v) is 13.8. The lowest BCUT2D eigenvalue weighted by molar-refractivity contribution is 0.363. The quantitative estimate of drug-likeness (QED) is 0.469. The van der Waals surface area contributed by atoms with Gasteiger partial charge in [-0.05, 0) is 5.41 Å². The maximum Gasteiger partial charge on any atom is 0.220 e. The fourth-order valence-corrected chi connectivity index (χ4v) is 3.54. The smallest absolute Gasteiger partial charge is 0.220 e. The highest BCUT2D eigenvalue weighted by Crippen LogP contribution is 2.36. The number of hydrogen-bond acceptors (Lipinski definition) is 5. The van der Waals surface area contributed by atoms with Crippen molar-refractivity contribution in [2.75, 3.05) is 19.5 Å². The SMILES string of the molecule is COc1cc(OC)nc(SC(CBr)C(C)(C)C)n1. The molecule has 102 valence electrons. The molecule has 0 spiro atoms. The second kappa shape index (κ2) is 6.61. The number of ether oxygens (including phenoxy) is 2. The maximum atomic E-state index is 5.14. The molecule has 1 aromatic rings. The van der Waals surface area contributed by atoms with Crippen LogP contribution < -0.4 is 9.47 Å². The fraction of sp³-hybridized carbons (Fsp3) is 0.667. The average Bonchev–Trinajstić information content (AvgIpc) is 2.33. The van der Waals surface area contributed by atoms with Crippen molar-refractivity contribution in [2.24, 2.45) is 5.41 Å². The van der Waals surface area contributed by atoms with E-state index >= 15 is 0 Å². The maximum absolute atomic E-state index is 5.14. The number of rotatable bonds is 5. The number of thioether (sulfide) groups is 1. The largest absolute Gasteiger partial charge is 0.481 e. The molecule has 1 rings (SSSR count). The highest BCUT2D eigenvalue weighted by molar-refractivity contribution is 9.09. The fourth-order valence-electron chi connectivity index (χ4n) is 1.21. The molecule has 0 radical (unpaired) electrons. The van der Waals surface area contributed by atoms with Crippen LogP contribution in [0.25, 0.3) is 0 Å². The Morgan fingerprint density at radius 2 is 1.72 bits per heavy atom. The third-order valence-corrected chi connectivity index (χ3v) is 5.06. The van der Waals surface area contributed by atoms with Crippen LogP contribution in [0.5, 0.6) is 11.8 Å². The van der Waals surface area contributed by atoms with Gasteiger partial charge in [-0.1, -0.05) is 48.5 Å². The van der Waals surface area contributed by atoms with E-state index in [4.69, 9.17) is 9.47 Å². The molecular weight excluding hydrogens is 316 g/mol. The Bertz CT molecular complexity index is 374. The van der Waals surface area contributed by atoms with Gasteiger partial charge in [0.1, 0.15) is 0 Å². The van der Waals surface area contributed by atoms with Gasteiger partial charge in [0.25, 0.3) is 0 Å². The molecule has 0 aromatic carbocycles. The monoisotopic (exact) mass is 334 g/mol. The summed E-state index contributed by atoms with van der Waals surface area (Å²) in [5.74, 6) is 1.04. The topological polar surface area (TPSA) is 44.2 Å². The molecular formula is C12H19BrN2O2S. The Hall–Kier alpha value is -0.490. The molecule has 6 heteroatoms. The molecule has 0 aliphatic carbocycles. The van der Waals surface area contributed by atoms with E-state index in [2.05, 4.69) is 46.7 Å². The lowest BCUT2D eigenvalue weighted by Gasteiger charge is -2.27. The Labute approximate surface area is 121 Å². The second-order valence-corrected chi connectivity index (χ2v) is 6.68. The van der Waals surface area contributed by atoms with Crippen LogP contribution in [-0.2, 0) is 0 Å². The lowest BCUT2D eigenvalue weighted by atomic mass is 9.93. The Morgan fingerprint density at radius 1 is 1.22 bits per heavy atom. The van der Waals surface area contributed by atoms with Gasteiger partial charge < -0.3 is 9.47 Å². The van der Waals surface area contributed by atoms with Crippen molar-refractivity contribution in [3.05, 3.63) is 6.07 Å². The van der Waals surface area contributed by atoms with E-state index in [0.717, 1.165) is 5.33 Å². The van der Waals surface area contributed by atoms with Gasteiger partial charge >= 0.3 is 0 Å². The zero-order chi connectivity index (χ0) is 13.8. The summed E-state index contributed by atoms with van der Waals surface area (Å²) < 4.78 is 10.3. The molecule has 1 atom stereocenters. The van der Waals surface area contributed by atoms with Crippen molar-refractivity contribution in [2.45, 2.75) is 31.2 Å². The predicted molar refractivity (Wildman–Crippen MR) is 78.0 cm³/mol. The molecule has 1 aromatic heterocycles. The summed E-state index contributed by atoms with van der Waals surface area (Å²) in [5, 5.41) is 1.92. The first-order valence-electron chi connectivity index (χ1n) is 5.60. The third kappa shape index (κ3) is 4.31. The molecule has 0 N–H and O–H groups in total. The average molecular weight is 335 g/mol. The van der Waals surface area contributed by atoms with Crippen LogP contribution in [0.15, 0.2) is 11.2 Å². The molecule has 4 nitrogen and oxygen atoms in total. The Balaban J connectivity index is 2.95. The van der Waals surface area contributed by atoms with Crippen LogP contribution in [0.1, 0.15) is 20.8 Å². The standard InChI is InChI=1S/C12H19BrN2O2S/c1-12(2,3)8(7-13)18-11-14-9(16-4)6-10(15-11)17-5/h6,8H,7H2,1-5H3. The first-order chi connectivity index (χ1) is 8.40. The van der Waals surface area contributed by atoms with E-state index in [-0.39, 0.29) is 5.41 Å². The Morgan fingerprint density at radius 3 is 2.06 bits per heavy atom. The van der Waals surface area contributed by atoms with Crippen LogP contribution >= 0.6 is 27.7 Å². The van der Waals surface area contributed by atoms with E-state index in [0.29, 0.717) is 22.2 Å². The van der Waals surface area contributed by atoms with E-state index in [1.165, 1.54) is 0 Å². The predicted octanol–water partition coefficient (Wildman–Crippen LogP) is 3.40. The van der Waals surface area contributed by atoms with Crippen molar-refractivity contribution in [1.29, 1.82) is 0 Å². The summed E-state index contributed by atoms with van der Waals surface area (Å²) in [6.07, 6.45) is 0. The molecule has 0 saturated heterocycles. The van der Waals surface area contributed by atoms with Gasteiger partial charge in [-0.25, -0.2) is 0 Å². The van der Waals surface area contributed by atoms with Crippen LogP contribution in [-0.4, -0.2) is 34.8 Å². The first-order valence-corrected chi connectivity index (χ1v) is 7.60. The summed E-state index contributed by atoms with van der Waals surface area (Å²) in [5.41, 5.74) is 0.161. The summed E-state index contributed by atoms with van der Waals surface area (Å²) >= 11 is 5.17.